The maximum Gasteiger partial charge on any atom is 0.0995 e. The van der Waals surface area contributed by atoms with Crippen molar-refractivity contribution >= 4 is 11.6 Å². The third-order valence-corrected chi connectivity index (χ3v) is 3.52. The molecular formula is C14H16ClN. The Morgan fingerprint density at radius 2 is 1.88 bits per heavy atom. The molecule has 1 nitrogen and oxygen atoms in total. The highest BCUT2D eigenvalue weighted by atomic mass is 35.5. The van der Waals surface area contributed by atoms with Gasteiger partial charge in [0.1, 0.15) is 0 Å². The van der Waals surface area contributed by atoms with E-state index in [1.165, 1.54) is 16.7 Å². The first-order valence-corrected chi connectivity index (χ1v) is 6.08. The minimum absolute atomic E-state index is 0.0551. The Kier molecular flexibility index (Phi) is 2.72. The molecule has 1 aliphatic carbocycles. The molecule has 0 fully saturated rings. The number of benzene rings is 1. The second-order valence-electron chi connectivity index (χ2n) is 5.45. The second kappa shape index (κ2) is 3.79. The second-order valence-corrected chi connectivity index (χ2v) is 5.86. The molecule has 0 atom stereocenters. The Bertz CT molecular complexity index is 475. The summed E-state index contributed by atoms with van der Waals surface area (Å²) in [7, 11) is 0. The Morgan fingerprint density at radius 3 is 2.44 bits per heavy atom. The molecule has 1 aliphatic rings. The predicted molar refractivity (Wildman–Crippen MR) is 66.9 cm³/mol. The summed E-state index contributed by atoms with van der Waals surface area (Å²) < 4.78 is 0. The van der Waals surface area contributed by atoms with Gasteiger partial charge in [-0.1, -0.05) is 32.4 Å². The van der Waals surface area contributed by atoms with Gasteiger partial charge < -0.3 is 0 Å². The van der Waals surface area contributed by atoms with Gasteiger partial charge in [-0.15, -0.1) is 0 Å². The molecule has 0 heterocycles. The van der Waals surface area contributed by atoms with Crippen LogP contribution in [-0.4, -0.2) is 0 Å². The highest BCUT2D eigenvalue weighted by Gasteiger charge is 2.27. The maximum atomic E-state index is 9.11. The number of nitrogens with zero attached hydrogens (tertiary/aromatic N) is 1. The molecule has 16 heavy (non-hydrogen) atoms. The maximum absolute atomic E-state index is 9.11. The normalized spacial score (nSPS) is 14.7. The molecule has 0 bridgehead atoms. The van der Waals surface area contributed by atoms with Crippen LogP contribution in [0.2, 0.25) is 5.02 Å². The SMILES string of the molecule is CC(C)(C)c1c(Cl)cc(C#N)c2c1CCC2. The van der Waals surface area contributed by atoms with E-state index in [1.807, 2.05) is 6.07 Å². The van der Waals surface area contributed by atoms with E-state index in [0.717, 1.165) is 29.8 Å². The van der Waals surface area contributed by atoms with Gasteiger partial charge in [0.2, 0.25) is 0 Å². The molecule has 0 saturated carbocycles. The molecule has 0 aromatic heterocycles. The predicted octanol–water partition coefficient (Wildman–Crippen LogP) is 4.00. The monoisotopic (exact) mass is 233 g/mol. The van der Waals surface area contributed by atoms with E-state index in [1.54, 1.807) is 0 Å². The zero-order chi connectivity index (χ0) is 11.9. The van der Waals surface area contributed by atoms with Crippen LogP contribution in [-0.2, 0) is 18.3 Å². The first kappa shape index (κ1) is 11.5. The Balaban J connectivity index is 2.74. The van der Waals surface area contributed by atoms with E-state index >= 15 is 0 Å². The summed E-state index contributed by atoms with van der Waals surface area (Å²) in [6.07, 6.45) is 3.24. The Morgan fingerprint density at radius 1 is 1.25 bits per heavy atom. The first-order valence-electron chi connectivity index (χ1n) is 5.70. The van der Waals surface area contributed by atoms with E-state index < -0.39 is 0 Å². The van der Waals surface area contributed by atoms with Crippen molar-refractivity contribution < 1.29 is 0 Å². The summed E-state index contributed by atoms with van der Waals surface area (Å²) in [5.74, 6) is 0. The van der Waals surface area contributed by atoms with Crippen LogP contribution >= 0.6 is 11.6 Å². The highest BCUT2D eigenvalue weighted by molar-refractivity contribution is 6.31. The largest absolute Gasteiger partial charge is 0.192 e. The standard InChI is InChI=1S/C14H16ClN/c1-14(2,3)13-11-6-4-5-10(11)9(8-16)7-12(13)15/h7H,4-6H2,1-3H3. The van der Waals surface area contributed by atoms with Crippen LogP contribution in [0.15, 0.2) is 6.07 Å². The minimum Gasteiger partial charge on any atom is -0.192 e. The smallest absolute Gasteiger partial charge is 0.0995 e. The van der Waals surface area contributed by atoms with Crippen LogP contribution in [0.5, 0.6) is 0 Å². The quantitative estimate of drug-likeness (QED) is 0.665. The van der Waals surface area contributed by atoms with Crippen molar-refractivity contribution in [2.24, 2.45) is 0 Å². The van der Waals surface area contributed by atoms with Gasteiger partial charge in [0.05, 0.1) is 11.6 Å². The van der Waals surface area contributed by atoms with Crippen LogP contribution in [0, 0.1) is 11.3 Å². The van der Waals surface area contributed by atoms with Crippen molar-refractivity contribution in [1.29, 1.82) is 5.26 Å². The van der Waals surface area contributed by atoms with Crippen molar-refractivity contribution in [1.82, 2.24) is 0 Å². The van der Waals surface area contributed by atoms with Gasteiger partial charge in [-0.3, -0.25) is 0 Å². The summed E-state index contributed by atoms with van der Waals surface area (Å²) in [5.41, 5.74) is 4.62. The summed E-state index contributed by atoms with van der Waals surface area (Å²) in [5, 5.41) is 9.87. The molecule has 0 amide bonds. The van der Waals surface area contributed by atoms with Crippen molar-refractivity contribution in [2.45, 2.75) is 45.4 Å². The zero-order valence-electron chi connectivity index (χ0n) is 10.0. The van der Waals surface area contributed by atoms with Gasteiger partial charge in [-0.25, -0.2) is 0 Å². The van der Waals surface area contributed by atoms with Gasteiger partial charge in [0.15, 0.2) is 0 Å². The number of fused-ring (bicyclic) bond motifs is 1. The van der Waals surface area contributed by atoms with Crippen LogP contribution in [0.25, 0.3) is 0 Å². The molecule has 0 unspecified atom stereocenters. The average molecular weight is 234 g/mol. The molecule has 2 heteroatoms. The lowest BCUT2D eigenvalue weighted by Gasteiger charge is -2.24. The topological polar surface area (TPSA) is 23.8 Å². The lowest BCUT2D eigenvalue weighted by Crippen LogP contribution is -2.15. The summed E-state index contributed by atoms with van der Waals surface area (Å²) in [6.45, 7) is 6.54. The van der Waals surface area contributed by atoms with Gasteiger partial charge in [0.25, 0.3) is 0 Å². The van der Waals surface area contributed by atoms with Crippen molar-refractivity contribution in [2.75, 3.05) is 0 Å². The fraction of sp³-hybridized carbons (Fsp3) is 0.500. The van der Waals surface area contributed by atoms with Crippen LogP contribution in [0.3, 0.4) is 0 Å². The molecule has 1 aromatic carbocycles. The summed E-state index contributed by atoms with van der Waals surface area (Å²) in [4.78, 5) is 0. The number of nitriles is 1. The van der Waals surface area contributed by atoms with E-state index in [9.17, 15) is 0 Å². The molecule has 0 spiro atoms. The van der Waals surface area contributed by atoms with Gasteiger partial charge in [0, 0.05) is 5.02 Å². The van der Waals surface area contributed by atoms with Crippen molar-refractivity contribution in [3.63, 3.8) is 0 Å². The van der Waals surface area contributed by atoms with Crippen molar-refractivity contribution in [3.05, 3.63) is 33.3 Å². The number of rotatable bonds is 0. The lowest BCUT2D eigenvalue weighted by molar-refractivity contribution is 0.584. The lowest BCUT2D eigenvalue weighted by atomic mass is 9.81. The number of hydrogen-bond donors (Lipinski definition) is 0. The molecule has 2 rings (SSSR count). The van der Waals surface area contributed by atoms with Gasteiger partial charge >= 0.3 is 0 Å². The molecule has 1 aromatic rings. The van der Waals surface area contributed by atoms with Gasteiger partial charge in [-0.05, 0) is 47.4 Å². The Hall–Kier alpha value is -1.00. The third kappa shape index (κ3) is 1.72. The van der Waals surface area contributed by atoms with E-state index in [0.29, 0.717) is 0 Å². The fourth-order valence-electron chi connectivity index (χ4n) is 2.66. The molecule has 0 saturated heterocycles. The fourth-order valence-corrected chi connectivity index (χ4v) is 3.16. The molecular weight excluding hydrogens is 218 g/mol. The molecule has 0 N–H and O–H groups in total. The van der Waals surface area contributed by atoms with Crippen molar-refractivity contribution in [3.8, 4) is 6.07 Å². The Labute approximate surface area is 102 Å². The highest BCUT2D eigenvalue weighted by Crippen LogP contribution is 2.39. The molecule has 0 radical (unpaired) electrons. The average Bonchev–Trinajstić information content (AvgIpc) is 2.62. The zero-order valence-corrected chi connectivity index (χ0v) is 10.8. The first-order chi connectivity index (χ1) is 7.45. The summed E-state index contributed by atoms with van der Waals surface area (Å²) in [6, 6.07) is 4.10. The van der Waals surface area contributed by atoms with E-state index in [-0.39, 0.29) is 5.41 Å². The number of hydrogen-bond acceptors (Lipinski definition) is 1. The van der Waals surface area contributed by atoms with E-state index in [4.69, 9.17) is 16.9 Å². The van der Waals surface area contributed by atoms with Gasteiger partial charge in [-0.2, -0.15) is 5.26 Å². The summed E-state index contributed by atoms with van der Waals surface area (Å²) >= 11 is 6.33. The molecule has 84 valence electrons. The third-order valence-electron chi connectivity index (χ3n) is 3.23. The number of halogens is 1. The minimum atomic E-state index is 0.0551. The molecule has 0 aliphatic heterocycles. The van der Waals surface area contributed by atoms with Crippen LogP contribution < -0.4 is 0 Å². The van der Waals surface area contributed by atoms with Crippen LogP contribution in [0.1, 0.15) is 49.4 Å². The van der Waals surface area contributed by atoms with Crippen LogP contribution in [0.4, 0.5) is 0 Å². The van der Waals surface area contributed by atoms with E-state index in [2.05, 4.69) is 26.8 Å².